The molecule has 9 heteroatoms. The van der Waals surface area contributed by atoms with Gasteiger partial charge in [0.05, 0.1) is 9.80 Å². The van der Waals surface area contributed by atoms with Crippen molar-refractivity contribution in [1.29, 1.82) is 0 Å². The molecule has 1 amide bonds. The van der Waals surface area contributed by atoms with E-state index < -0.39 is 21.7 Å². The second-order valence-electron chi connectivity index (χ2n) is 5.97. The first-order valence-electron chi connectivity index (χ1n) is 8.30. The summed E-state index contributed by atoms with van der Waals surface area (Å²) in [6.07, 6.45) is 1.42. The van der Waals surface area contributed by atoms with Gasteiger partial charge in [-0.25, -0.2) is 4.39 Å². The number of thioether (sulfide) groups is 1. The minimum atomic E-state index is -3.97. The normalized spacial score (nSPS) is 17.7. The minimum Gasteiger partial charge on any atom is -0.286 e. The van der Waals surface area contributed by atoms with Crippen molar-refractivity contribution >= 4 is 61.5 Å². The summed E-state index contributed by atoms with van der Waals surface area (Å²) in [7, 11) is -3.97. The lowest BCUT2D eigenvalue weighted by atomic mass is 10.2. The molecule has 0 atom stereocenters. The van der Waals surface area contributed by atoms with Gasteiger partial charge in [-0.15, -0.1) is 4.40 Å². The Morgan fingerprint density at radius 2 is 1.89 bits per heavy atom. The van der Waals surface area contributed by atoms with E-state index in [1.807, 2.05) is 29.5 Å². The van der Waals surface area contributed by atoms with Gasteiger partial charge in [-0.3, -0.25) is 9.69 Å². The number of likely N-dealkylation sites (N-methyl/N-ethyl adjacent to an activating group) is 1. The molecule has 2 aromatic carbocycles. The summed E-state index contributed by atoms with van der Waals surface area (Å²) in [5.41, 5.74) is 1.19. The van der Waals surface area contributed by atoms with Crippen LogP contribution in [0.1, 0.15) is 18.1 Å². The molecule has 2 aromatic rings. The topological polar surface area (TPSA) is 66.8 Å². The fraction of sp³-hybridized carbons (Fsp3) is 0.158. The van der Waals surface area contributed by atoms with Crippen LogP contribution in [0.15, 0.2) is 56.7 Å². The van der Waals surface area contributed by atoms with E-state index in [1.54, 1.807) is 37.3 Å². The van der Waals surface area contributed by atoms with Crippen LogP contribution in [0.5, 0.6) is 0 Å². The standard InChI is InChI=1S/C19H16FIN2O3S2/c1-3-23-18(24)16(11-13-5-4-6-15(21)17(13)20)27-19(23)22-28(25,26)14-9-7-12(2)8-10-14/h4-11H,3H2,1-2H3. The largest absolute Gasteiger partial charge is 0.286 e. The van der Waals surface area contributed by atoms with Crippen LogP contribution in [0, 0.1) is 16.3 Å². The molecule has 1 aliphatic heterocycles. The smallest absolute Gasteiger partial charge is 0.284 e. The summed E-state index contributed by atoms with van der Waals surface area (Å²) in [5, 5.41) is 0.0605. The van der Waals surface area contributed by atoms with Crippen LogP contribution < -0.4 is 0 Å². The number of carbonyl (C=O) groups excluding carboxylic acids is 1. The van der Waals surface area contributed by atoms with E-state index in [1.165, 1.54) is 23.1 Å². The van der Waals surface area contributed by atoms with E-state index in [0.29, 0.717) is 3.57 Å². The molecule has 146 valence electrons. The molecule has 0 bridgehead atoms. The van der Waals surface area contributed by atoms with Gasteiger partial charge in [0.1, 0.15) is 5.82 Å². The van der Waals surface area contributed by atoms with Gasteiger partial charge in [0.15, 0.2) is 5.17 Å². The number of nitrogens with zero attached hydrogens (tertiary/aromatic N) is 2. The quantitative estimate of drug-likeness (QED) is 0.434. The molecule has 1 heterocycles. The molecule has 0 aromatic heterocycles. The summed E-state index contributed by atoms with van der Waals surface area (Å²) in [6.45, 7) is 3.83. The van der Waals surface area contributed by atoms with E-state index >= 15 is 0 Å². The third kappa shape index (κ3) is 4.31. The first-order valence-corrected chi connectivity index (χ1v) is 11.6. The van der Waals surface area contributed by atoms with Crippen molar-refractivity contribution < 1.29 is 17.6 Å². The lowest BCUT2D eigenvalue weighted by Gasteiger charge is -2.12. The highest BCUT2D eigenvalue weighted by Gasteiger charge is 2.34. The van der Waals surface area contributed by atoms with Gasteiger partial charge in [-0.05, 0) is 72.5 Å². The van der Waals surface area contributed by atoms with Gasteiger partial charge in [0, 0.05) is 15.7 Å². The molecule has 0 unspecified atom stereocenters. The molecule has 1 fully saturated rings. The van der Waals surface area contributed by atoms with E-state index in [-0.39, 0.29) is 27.1 Å². The van der Waals surface area contributed by atoms with Crippen molar-refractivity contribution in [2.75, 3.05) is 6.54 Å². The van der Waals surface area contributed by atoms with Crippen molar-refractivity contribution in [2.24, 2.45) is 4.40 Å². The number of hydrogen-bond donors (Lipinski definition) is 0. The van der Waals surface area contributed by atoms with Gasteiger partial charge in [-0.2, -0.15) is 8.42 Å². The number of halogens is 2. The number of benzene rings is 2. The summed E-state index contributed by atoms with van der Waals surface area (Å²) in [6, 6.07) is 11.2. The molecule has 0 saturated carbocycles. The molecule has 1 saturated heterocycles. The maximum Gasteiger partial charge on any atom is 0.284 e. The number of carbonyl (C=O) groups is 1. The first-order chi connectivity index (χ1) is 13.2. The zero-order chi connectivity index (χ0) is 20.5. The van der Waals surface area contributed by atoms with Gasteiger partial charge in [-0.1, -0.05) is 29.8 Å². The third-order valence-electron chi connectivity index (χ3n) is 3.99. The molecule has 1 aliphatic rings. The van der Waals surface area contributed by atoms with Crippen molar-refractivity contribution in [3.05, 3.63) is 67.9 Å². The van der Waals surface area contributed by atoms with Crippen LogP contribution in [0.2, 0.25) is 0 Å². The van der Waals surface area contributed by atoms with Crippen LogP contribution in [0.4, 0.5) is 4.39 Å². The zero-order valence-corrected chi connectivity index (χ0v) is 18.8. The van der Waals surface area contributed by atoms with E-state index in [0.717, 1.165) is 17.3 Å². The molecule has 0 aliphatic carbocycles. The zero-order valence-electron chi connectivity index (χ0n) is 15.0. The van der Waals surface area contributed by atoms with Crippen LogP contribution >= 0.6 is 34.4 Å². The number of aryl methyl sites for hydroxylation is 1. The summed E-state index contributed by atoms with van der Waals surface area (Å²) in [4.78, 5) is 14.2. The molecule has 0 radical (unpaired) electrons. The summed E-state index contributed by atoms with van der Waals surface area (Å²) in [5.74, 6) is -0.826. The van der Waals surface area contributed by atoms with Gasteiger partial charge < -0.3 is 0 Å². The Hall–Kier alpha value is -1.72. The molecule has 5 nitrogen and oxygen atoms in total. The highest BCUT2D eigenvalue weighted by Crippen LogP contribution is 2.34. The number of rotatable bonds is 4. The monoisotopic (exact) mass is 530 g/mol. The Balaban J connectivity index is 1.99. The molecule has 0 N–H and O–H groups in total. The van der Waals surface area contributed by atoms with Crippen LogP contribution in [-0.2, 0) is 14.8 Å². The van der Waals surface area contributed by atoms with Crippen LogP contribution in [-0.4, -0.2) is 30.9 Å². The van der Waals surface area contributed by atoms with E-state index in [9.17, 15) is 17.6 Å². The van der Waals surface area contributed by atoms with Crippen molar-refractivity contribution in [1.82, 2.24) is 4.90 Å². The predicted molar refractivity (Wildman–Crippen MR) is 118 cm³/mol. The van der Waals surface area contributed by atoms with Gasteiger partial charge in [0.25, 0.3) is 15.9 Å². The maximum absolute atomic E-state index is 14.3. The van der Waals surface area contributed by atoms with E-state index in [2.05, 4.69) is 4.40 Å². The van der Waals surface area contributed by atoms with Gasteiger partial charge in [0.2, 0.25) is 0 Å². The summed E-state index contributed by atoms with van der Waals surface area (Å²) >= 11 is 2.80. The van der Waals surface area contributed by atoms with Crippen molar-refractivity contribution in [3.8, 4) is 0 Å². The Bertz CT molecular complexity index is 1100. The first kappa shape index (κ1) is 21.0. The minimum absolute atomic E-state index is 0.0517. The third-order valence-corrected chi connectivity index (χ3v) is 7.23. The SMILES string of the molecule is CCN1C(=O)C(=Cc2cccc(I)c2F)SC1=NS(=O)(=O)c1ccc(C)cc1. The average molecular weight is 530 g/mol. The lowest BCUT2D eigenvalue weighted by molar-refractivity contribution is -0.122. The number of hydrogen-bond acceptors (Lipinski definition) is 4. The highest BCUT2D eigenvalue weighted by atomic mass is 127. The fourth-order valence-electron chi connectivity index (χ4n) is 2.49. The molecule has 3 rings (SSSR count). The Labute approximate surface area is 180 Å². The molecule has 0 spiro atoms. The number of amidine groups is 1. The lowest BCUT2D eigenvalue weighted by Crippen LogP contribution is -2.29. The molecule has 28 heavy (non-hydrogen) atoms. The molecular formula is C19H16FIN2O3S2. The highest BCUT2D eigenvalue weighted by molar-refractivity contribution is 14.1. The van der Waals surface area contributed by atoms with Crippen molar-refractivity contribution in [3.63, 3.8) is 0 Å². The van der Waals surface area contributed by atoms with Crippen molar-refractivity contribution in [2.45, 2.75) is 18.7 Å². The second kappa shape index (κ2) is 8.34. The Morgan fingerprint density at radius 1 is 1.21 bits per heavy atom. The van der Waals surface area contributed by atoms with Gasteiger partial charge >= 0.3 is 0 Å². The van der Waals surface area contributed by atoms with Crippen LogP contribution in [0.25, 0.3) is 6.08 Å². The maximum atomic E-state index is 14.3. The average Bonchev–Trinajstić information content (AvgIpc) is 2.93. The Morgan fingerprint density at radius 3 is 2.54 bits per heavy atom. The number of sulfonamides is 1. The van der Waals surface area contributed by atoms with Crippen LogP contribution in [0.3, 0.4) is 0 Å². The number of amides is 1. The molecular weight excluding hydrogens is 514 g/mol. The van der Waals surface area contributed by atoms with E-state index in [4.69, 9.17) is 0 Å². The predicted octanol–water partition coefficient (Wildman–Crippen LogP) is 4.42. The second-order valence-corrected chi connectivity index (χ2v) is 9.74. The Kier molecular flexibility index (Phi) is 6.25. The summed E-state index contributed by atoms with van der Waals surface area (Å²) < 4.78 is 43.8. The fourth-order valence-corrected chi connectivity index (χ4v) is 5.25.